The standard InChI is InChI=1S/C15H15F3N4O4/c16-9-1-7(2-10(17)14(9)18)11-4-22(21-20-11)12-3-8(5-23)25-6-13(12)26-15(19)24/h1-2,4,8,12-13,23H,3,5-6H2,(H2,19,24). The van der Waals surface area contributed by atoms with Crippen LogP contribution in [0.1, 0.15) is 12.5 Å². The predicted molar refractivity (Wildman–Crippen MR) is 80.3 cm³/mol. The lowest BCUT2D eigenvalue weighted by Gasteiger charge is -2.34. The van der Waals surface area contributed by atoms with Crippen molar-refractivity contribution in [1.29, 1.82) is 0 Å². The first-order valence-electron chi connectivity index (χ1n) is 7.64. The third-order valence-electron chi connectivity index (χ3n) is 4.03. The number of carbonyl (C=O) groups excluding carboxylic acids is 1. The van der Waals surface area contributed by atoms with E-state index in [1.54, 1.807) is 0 Å². The van der Waals surface area contributed by atoms with Crippen molar-refractivity contribution in [1.82, 2.24) is 15.0 Å². The molecular weight excluding hydrogens is 357 g/mol. The number of aliphatic hydroxyl groups is 1. The van der Waals surface area contributed by atoms with Gasteiger partial charge in [0.25, 0.3) is 0 Å². The van der Waals surface area contributed by atoms with Crippen molar-refractivity contribution < 1.29 is 32.5 Å². The van der Waals surface area contributed by atoms with Gasteiger partial charge in [0.05, 0.1) is 31.6 Å². The average Bonchev–Trinajstić information content (AvgIpc) is 3.09. The zero-order valence-corrected chi connectivity index (χ0v) is 13.3. The number of nitrogens with two attached hydrogens (primary N) is 1. The quantitative estimate of drug-likeness (QED) is 0.779. The van der Waals surface area contributed by atoms with E-state index in [2.05, 4.69) is 10.3 Å². The van der Waals surface area contributed by atoms with E-state index in [0.29, 0.717) is 0 Å². The van der Waals surface area contributed by atoms with E-state index in [-0.39, 0.29) is 30.9 Å². The molecule has 3 atom stereocenters. The van der Waals surface area contributed by atoms with Crippen molar-refractivity contribution in [3.63, 3.8) is 0 Å². The second-order valence-corrected chi connectivity index (χ2v) is 5.75. The topological polar surface area (TPSA) is 112 Å². The Hall–Kier alpha value is -2.66. The van der Waals surface area contributed by atoms with E-state index in [0.717, 1.165) is 12.1 Å². The highest BCUT2D eigenvalue weighted by molar-refractivity contribution is 5.64. The van der Waals surface area contributed by atoms with Gasteiger partial charge >= 0.3 is 6.09 Å². The summed E-state index contributed by atoms with van der Waals surface area (Å²) < 4.78 is 51.6. The molecule has 1 aliphatic rings. The predicted octanol–water partition coefficient (Wildman–Crippen LogP) is 1.15. The van der Waals surface area contributed by atoms with Crippen molar-refractivity contribution in [3.8, 4) is 11.3 Å². The molecule has 8 nitrogen and oxygen atoms in total. The number of benzene rings is 1. The zero-order chi connectivity index (χ0) is 18.8. The molecular formula is C15H15F3N4O4. The molecule has 0 radical (unpaired) electrons. The Kier molecular flexibility index (Phi) is 5.09. The number of aliphatic hydroxyl groups excluding tert-OH is 1. The lowest BCUT2D eigenvalue weighted by Crippen LogP contribution is -2.43. The summed E-state index contributed by atoms with van der Waals surface area (Å²) in [6.07, 6.45) is -0.696. The summed E-state index contributed by atoms with van der Waals surface area (Å²) in [5.41, 5.74) is 5.13. The highest BCUT2D eigenvalue weighted by Gasteiger charge is 2.35. The number of primary amides is 1. The van der Waals surface area contributed by atoms with Crippen molar-refractivity contribution in [2.45, 2.75) is 24.7 Å². The molecule has 2 heterocycles. The van der Waals surface area contributed by atoms with Gasteiger partial charge in [-0.25, -0.2) is 22.6 Å². The summed E-state index contributed by atoms with van der Waals surface area (Å²) in [5.74, 6) is -4.28. The molecule has 11 heteroatoms. The van der Waals surface area contributed by atoms with Gasteiger partial charge in [-0.3, -0.25) is 0 Å². The van der Waals surface area contributed by atoms with Crippen LogP contribution in [-0.2, 0) is 9.47 Å². The Balaban J connectivity index is 1.89. The van der Waals surface area contributed by atoms with Crippen LogP contribution < -0.4 is 5.73 Å². The maximum absolute atomic E-state index is 13.4. The van der Waals surface area contributed by atoms with Gasteiger partial charge in [0.15, 0.2) is 17.5 Å². The molecule has 1 aromatic carbocycles. The maximum atomic E-state index is 13.4. The molecule has 1 fully saturated rings. The summed E-state index contributed by atoms with van der Waals surface area (Å²) in [4.78, 5) is 11.1. The fourth-order valence-corrected chi connectivity index (χ4v) is 2.77. The van der Waals surface area contributed by atoms with Crippen LogP contribution in [-0.4, -0.2) is 51.6 Å². The summed E-state index contributed by atoms with van der Waals surface area (Å²) >= 11 is 0. The van der Waals surface area contributed by atoms with Gasteiger partial charge in [-0.15, -0.1) is 5.10 Å². The van der Waals surface area contributed by atoms with E-state index in [4.69, 9.17) is 15.2 Å². The first-order valence-corrected chi connectivity index (χ1v) is 7.64. The Morgan fingerprint density at radius 1 is 1.38 bits per heavy atom. The van der Waals surface area contributed by atoms with Gasteiger partial charge in [-0.1, -0.05) is 5.21 Å². The van der Waals surface area contributed by atoms with Crippen LogP contribution in [0.4, 0.5) is 18.0 Å². The lowest BCUT2D eigenvalue weighted by atomic mass is 10.0. The molecule has 3 rings (SSSR count). The highest BCUT2D eigenvalue weighted by atomic mass is 19.2. The van der Waals surface area contributed by atoms with E-state index >= 15 is 0 Å². The van der Waals surface area contributed by atoms with Crippen LogP contribution >= 0.6 is 0 Å². The molecule has 0 saturated carbocycles. The van der Waals surface area contributed by atoms with Crippen LogP contribution in [0.25, 0.3) is 11.3 Å². The van der Waals surface area contributed by atoms with E-state index in [9.17, 15) is 23.1 Å². The lowest BCUT2D eigenvalue weighted by molar-refractivity contribution is -0.102. The fourth-order valence-electron chi connectivity index (χ4n) is 2.77. The summed E-state index contributed by atoms with van der Waals surface area (Å²) in [6, 6.07) is 1.03. The Morgan fingerprint density at radius 2 is 2.08 bits per heavy atom. The molecule has 0 spiro atoms. The Morgan fingerprint density at radius 3 is 2.69 bits per heavy atom. The van der Waals surface area contributed by atoms with Crippen LogP contribution in [0, 0.1) is 17.5 Å². The van der Waals surface area contributed by atoms with E-state index < -0.39 is 41.8 Å². The SMILES string of the molecule is NC(=O)OC1COC(CO)CC1n1cc(-c2cc(F)c(F)c(F)c2)nn1. The fraction of sp³-hybridized carbons (Fsp3) is 0.400. The molecule has 1 saturated heterocycles. The van der Waals surface area contributed by atoms with E-state index in [1.165, 1.54) is 10.9 Å². The van der Waals surface area contributed by atoms with Gasteiger partial charge < -0.3 is 20.3 Å². The van der Waals surface area contributed by atoms with Crippen LogP contribution in [0.2, 0.25) is 0 Å². The number of halogens is 3. The second kappa shape index (κ2) is 7.30. The summed E-state index contributed by atoms with van der Waals surface area (Å²) in [6.45, 7) is -0.274. The zero-order valence-electron chi connectivity index (χ0n) is 13.3. The number of aromatic nitrogens is 3. The van der Waals surface area contributed by atoms with Gasteiger partial charge in [-0.05, 0) is 12.1 Å². The number of hydrogen-bond donors (Lipinski definition) is 2. The van der Waals surface area contributed by atoms with E-state index in [1.807, 2.05) is 0 Å². The van der Waals surface area contributed by atoms with Crippen molar-refractivity contribution >= 4 is 6.09 Å². The molecule has 2 aromatic rings. The number of nitrogens with zero attached hydrogens (tertiary/aromatic N) is 3. The van der Waals surface area contributed by atoms with Crippen molar-refractivity contribution in [2.75, 3.05) is 13.2 Å². The smallest absolute Gasteiger partial charge is 0.404 e. The third kappa shape index (κ3) is 3.63. The average molecular weight is 372 g/mol. The molecule has 26 heavy (non-hydrogen) atoms. The molecule has 1 aromatic heterocycles. The van der Waals surface area contributed by atoms with Gasteiger partial charge in [0.1, 0.15) is 11.8 Å². The first kappa shape index (κ1) is 18.1. The molecule has 1 amide bonds. The minimum Gasteiger partial charge on any atom is -0.442 e. The number of hydrogen-bond acceptors (Lipinski definition) is 6. The molecule has 3 N–H and O–H groups in total. The molecule has 0 aliphatic carbocycles. The van der Waals surface area contributed by atoms with Crippen LogP contribution in [0.3, 0.4) is 0 Å². The number of carbonyl (C=O) groups is 1. The van der Waals surface area contributed by atoms with Crippen molar-refractivity contribution in [3.05, 3.63) is 35.8 Å². The molecule has 1 aliphatic heterocycles. The van der Waals surface area contributed by atoms with Crippen molar-refractivity contribution in [2.24, 2.45) is 5.73 Å². The van der Waals surface area contributed by atoms with Crippen LogP contribution in [0.5, 0.6) is 0 Å². The largest absolute Gasteiger partial charge is 0.442 e. The number of ether oxygens (including phenoxy) is 2. The monoisotopic (exact) mass is 372 g/mol. The first-order chi connectivity index (χ1) is 12.4. The normalized spacial score (nSPS) is 23.0. The maximum Gasteiger partial charge on any atom is 0.404 e. The highest BCUT2D eigenvalue weighted by Crippen LogP contribution is 2.29. The Labute approximate surface area is 145 Å². The third-order valence-corrected chi connectivity index (χ3v) is 4.03. The summed E-state index contributed by atoms with van der Waals surface area (Å²) in [5, 5.41) is 17.0. The number of amides is 1. The number of rotatable bonds is 4. The summed E-state index contributed by atoms with van der Waals surface area (Å²) in [7, 11) is 0. The Bertz CT molecular complexity index is 793. The minimum atomic E-state index is -1.58. The van der Waals surface area contributed by atoms with Gasteiger partial charge in [-0.2, -0.15) is 0 Å². The molecule has 140 valence electrons. The molecule has 3 unspecified atom stereocenters. The van der Waals surface area contributed by atoms with Gasteiger partial charge in [0.2, 0.25) is 0 Å². The van der Waals surface area contributed by atoms with Gasteiger partial charge in [0, 0.05) is 12.0 Å². The minimum absolute atomic E-state index is 0.00853. The van der Waals surface area contributed by atoms with Crippen LogP contribution in [0.15, 0.2) is 18.3 Å². The molecule has 0 bridgehead atoms. The second-order valence-electron chi connectivity index (χ2n) is 5.75.